The van der Waals surface area contributed by atoms with Gasteiger partial charge in [0.15, 0.2) is 0 Å². The molecule has 8 nitrogen and oxygen atoms in total. The molecule has 3 fully saturated rings. The van der Waals surface area contributed by atoms with E-state index in [1.165, 1.54) is 0 Å². The molecule has 0 spiro atoms. The summed E-state index contributed by atoms with van der Waals surface area (Å²) < 4.78 is 88.3. The molecule has 0 amide bonds. The third-order valence-corrected chi connectivity index (χ3v) is 6.40. The van der Waals surface area contributed by atoms with Gasteiger partial charge in [0.25, 0.3) is 10.1 Å². The molecule has 0 aromatic carbocycles. The van der Waals surface area contributed by atoms with E-state index >= 15 is 0 Å². The molecule has 0 aromatic heterocycles. The molecule has 12 heteroatoms. The summed E-state index contributed by atoms with van der Waals surface area (Å²) >= 11 is 0. The van der Waals surface area contributed by atoms with E-state index < -0.39 is 48.9 Å². The number of ether oxygens (including phenoxy) is 1. The first-order chi connectivity index (χ1) is 9.90. The second kappa shape index (κ2) is 5.35. The van der Waals surface area contributed by atoms with Crippen LogP contribution in [0.15, 0.2) is 0 Å². The summed E-state index contributed by atoms with van der Waals surface area (Å²) in [7, 11) is -9.82. The maximum atomic E-state index is 13.2. The molecule has 3 aliphatic rings. The van der Waals surface area contributed by atoms with E-state index in [0.717, 1.165) is 0 Å². The summed E-state index contributed by atoms with van der Waals surface area (Å²) in [5.41, 5.74) is 0. The number of hydrogen-bond donors (Lipinski definition) is 1. The van der Waals surface area contributed by atoms with Gasteiger partial charge in [0.2, 0.25) is 0 Å². The Kier molecular flexibility index (Phi) is 4.26. The lowest BCUT2D eigenvalue weighted by atomic mass is 9.82. The Bertz CT molecular complexity index is 671. The molecule has 3 rings (SSSR count). The largest absolute Gasteiger partial charge is 0.465 e. The van der Waals surface area contributed by atoms with Gasteiger partial charge in [-0.3, -0.25) is 8.74 Å². The Labute approximate surface area is 125 Å². The Morgan fingerprint density at radius 3 is 2.45 bits per heavy atom. The predicted molar refractivity (Wildman–Crippen MR) is 67.0 cm³/mol. The normalized spacial score (nSPS) is 34.4. The van der Waals surface area contributed by atoms with Crippen molar-refractivity contribution in [3.8, 4) is 0 Å². The van der Waals surface area contributed by atoms with E-state index in [2.05, 4.69) is 4.74 Å². The number of fused-ring (bicyclic) bond motifs is 3. The van der Waals surface area contributed by atoms with E-state index in [1.807, 2.05) is 0 Å². The molecule has 4 unspecified atom stereocenters. The third-order valence-electron chi connectivity index (χ3n) is 3.89. The Hall–Kier alpha value is -0.850. The van der Waals surface area contributed by atoms with Gasteiger partial charge < -0.3 is 4.74 Å². The van der Waals surface area contributed by atoms with Crippen LogP contribution in [0.25, 0.3) is 0 Å². The van der Waals surface area contributed by atoms with E-state index in [9.17, 15) is 30.4 Å². The van der Waals surface area contributed by atoms with Crippen LogP contribution in [-0.2, 0) is 34.0 Å². The monoisotopic (exact) mass is 364 g/mol. The highest BCUT2D eigenvalue weighted by Crippen LogP contribution is 2.42. The van der Waals surface area contributed by atoms with Crippen molar-refractivity contribution in [1.82, 2.24) is 0 Å². The second-order valence-corrected chi connectivity index (χ2v) is 8.56. The summed E-state index contributed by atoms with van der Waals surface area (Å²) in [6, 6.07) is 0. The minimum absolute atomic E-state index is 0.253. The molecule has 4 atom stereocenters. The predicted octanol–water partition coefficient (Wildman–Crippen LogP) is 0.296. The third kappa shape index (κ3) is 2.84. The first-order valence-electron chi connectivity index (χ1n) is 6.38. The van der Waals surface area contributed by atoms with Crippen LogP contribution in [0.4, 0.5) is 8.78 Å². The van der Waals surface area contributed by atoms with E-state index in [1.54, 1.807) is 6.92 Å². The Morgan fingerprint density at radius 1 is 1.41 bits per heavy atom. The highest BCUT2D eigenvalue weighted by molar-refractivity contribution is 7.87. The molecule has 128 valence electrons. The molecular formula is C10H14F2O8S2. The van der Waals surface area contributed by atoms with Crippen molar-refractivity contribution >= 4 is 26.2 Å². The first kappa shape index (κ1) is 17.5. The lowest BCUT2D eigenvalue weighted by Crippen LogP contribution is -2.56. The van der Waals surface area contributed by atoms with Gasteiger partial charge in [-0.15, -0.1) is 0 Å². The van der Waals surface area contributed by atoms with Gasteiger partial charge in [0.05, 0.1) is 5.25 Å². The minimum Gasteiger partial charge on any atom is -0.454 e. The van der Waals surface area contributed by atoms with Crippen molar-refractivity contribution in [2.75, 3.05) is 0 Å². The van der Waals surface area contributed by atoms with Crippen molar-refractivity contribution in [3.63, 3.8) is 0 Å². The molecule has 1 saturated carbocycles. The number of esters is 1. The molecular weight excluding hydrogens is 350 g/mol. The van der Waals surface area contributed by atoms with Crippen molar-refractivity contribution in [3.05, 3.63) is 0 Å². The van der Waals surface area contributed by atoms with Gasteiger partial charge in [-0.25, -0.2) is 4.79 Å². The molecule has 1 aliphatic carbocycles. The van der Waals surface area contributed by atoms with Crippen LogP contribution in [0.2, 0.25) is 0 Å². The van der Waals surface area contributed by atoms with Crippen molar-refractivity contribution in [2.45, 2.75) is 48.9 Å². The smallest absolute Gasteiger partial charge is 0.454 e. The fourth-order valence-electron chi connectivity index (χ4n) is 2.70. The fourth-order valence-corrected chi connectivity index (χ4v) is 4.61. The maximum Gasteiger partial charge on any atom is 0.465 e. The fraction of sp³-hybridized carbons (Fsp3) is 0.900. The van der Waals surface area contributed by atoms with E-state index in [4.69, 9.17) is 8.74 Å². The SMILES string of the molecule is CCC1CC2CC(OC(=O)C(F)(F)S(=O)(=O)O)C1OS2(=O)=O. The molecule has 2 saturated heterocycles. The van der Waals surface area contributed by atoms with Crippen molar-refractivity contribution in [1.29, 1.82) is 0 Å². The summed E-state index contributed by atoms with van der Waals surface area (Å²) in [5.74, 6) is -2.78. The summed E-state index contributed by atoms with van der Waals surface area (Å²) in [5, 5.41) is -6.12. The highest BCUT2D eigenvalue weighted by atomic mass is 32.2. The summed E-state index contributed by atoms with van der Waals surface area (Å²) in [4.78, 5) is 11.3. The zero-order valence-corrected chi connectivity index (χ0v) is 12.9. The zero-order chi connectivity index (χ0) is 16.9. The number of carbonyl (C=O) groups is 1. The Morgan fingerprint density at radius 2 is 2.00 bits per heavy atom. The van der Waals surface area contributed by atoms with Gasteiger partial charge in [-0.05, 0) is 12.3 Å². The lowest BCUT2D eigenvalue weighted by Gasteiger charge is -2.45. The van der Waals surface area contributed by atoms with Crippen molar-refractivity contribution in [2.24, 2.45) is 5.92 Å². The van der Waals surface area contributed by atoms with Gasteiger partial charge in [0, 0.05) is 6.42 Å². The molecule has 1 N–H and O–H groups in total. The number of carbonyl (C=O) groups excluding carboxylic acids is 1. The van der Waals surface area contributed by atoms with Crippen LogP contribution >= 0.6 is 0 Å². The number of halogens is 2. The number of alkyl halides is 2. The van der Waals surface area contributed by atoms with Gasteiger partial charge in [0.1, 0.15) is 12.2 Å². The first-order valence-corrected chi connectivity index (χ1v) is 9.29. The van der Waals surface area contributed by atoms with E-state index in [-0.39, 0.29) is 18.8 Å². The van der Waals surface area contributed by atoms with Crippen LogP contribution in [0.1, 0.15) is 26.2 Å². The molecule has 0 aromatic rings. The molecule has 0 radical (unpaired) electrons. The van der Waals surface area contributed by atoms with Crippen LogP contribution in [0, 0.1) is 5.92 Å². The Balaban J connectivity index is 2.20. The van der Waals surface area contributed by atoms with Gasteiger partial charge in [-0.1, -0.05) is 13.3 Å². The van der Waals surface area contributed by atoms with Crippen LogP contribution in [0.3, 0.4) is 0 Å². The van der Waals surface area contributed by atoms with Crippen LogP contribution in [0.5, 0.6) is 0 Å². The molecule has 2 aliphatic heterocycles. The zero-order valence-electron chi connectivity index (χ0n) is 11.3. The molecule has 2 heterocycles. The lowest BCUT2D eigenvalue weighted by molar-refractivity contribution is -0.178. The van der Waals surface area contributed by atoms with E-state index in [0.29, 0.717) is 6.42 Å². The molecule has 2 bridgehead atoms. The highest BCUT2D eigenvalue weighted by Gasteiger charge is 2.58. The van der Waals surface area contributed by atoms with Crippen LogP contribution in [-0.4, -0.2) is 50.1 Å². The second-order valence-electron chi connectivity index (χ2n) is 5.25. The molecule has 22 heavy (non-hydrogen) atoms. The number of rotatable bonds is 4. The average molecular weight is 364 g/mol. The van der Waals surface area contributed by atoms with Gasteiger partial charge in [-0.2, -0.15) is 25.6 Å². The quantitative estimate of drug-likeness (QED) is 0.429. The maximum absolute atomic E-state index is 13.2. The minimum atomic E-state index is -5.97. The number of hydrogen-bond acceptors (Lipinski definition) is 7. The topological polar surface area (TPSA) is 124 Å². The average Bonchev–Trinajstić information content (AvgIpc) is 2.37. The van der Waals surface area contributed by atoms with Gasteiger partial charge >= 0.3 is 21.3 Å². The summed E-state index contributed by atoms with van der Waals surface area (Å²) in [6.45, 7) is 1.73. The summed E-state index contributed by atoms with van der Waals surface area (Å²) in [6.07, 6.45) is -1.98. The standard InChI is InChI=1S/C10H14F2O8S2/c1-2-5-3-6-4-7(8(5)20-21(6,14)15)19-9(13)10(11,12)22(16,17)18/h5-8H,2-4H2,1H3,(H,16,17,18). The van der Waals surface area contributed by atoms with Crippen LogP contribution < -0.4 is 0 Å². The van der Waals surface area contributed by atoms with Crippen molar-refractivity contribution < 1.29 is 43.9 Å².